The molecule has 0 heterocycles. The number of carbonyl (C=O) groups excluding carboxylic acids is 1. The number of hydrogen-bond donors (Lipinski definition) is 1. The highest BCUT2D eigenvalue weighted by molar-refractivity contribution is 5.83. The van der Waals surface area contributed by atoms with Crippen molar-refractivity contribution in [2.24, 2.45) is 11.7 Å². The maximum absolute atomic E-state index is 11.2. The summed E-state index contributed by atoms with van der Waals surface area (Å²) in [6.45, 7) is 6.16. The second-order valence-corrected chi connectivity index (χ2v) is 3.45. The second-order valence-electron chi connectivity index (χ2n) is 3.45. The van der Waals surface area contributed by atoms with E-state index in [4.69, 9.17) is 5.73 Å². The molecule has 0 aromatic rings. The van der Waals surface area contributed by atoms with Crippen molar-refractivity contribution in [1.82, 2.24) is 0 Å². The van der Waals surface area contributed by atoms with Crippen molar-refractivity contribution >= 4 is 5.78 Å². The van der Waals surface area contributed by atoms with Crippen molar-refractivity contribution in [3.63, 3.8) is 0 Å². The minimum atomic E-state index is -0.227. The lowest BCUT2D eigenvalue weighted by Gasteiger charge is -2.11. The fourth-order valence-electron chi connectivity index (χ4n) is 1.07. The molecule has 0 aromatic heterocycles. The first-order valence-corrected chi connectivity index (χ1v) is 4.36. The SMILES string of the molecule is CCCC(=O)C(N)CC(C)C. The van der Waals surface area contributed by atoms with Crippen LogP contribution in [0.15, 0.2) is 0 Å². The smallest absolute Gasteiger partial charge is 0.149 e. The molecular weight excluding hydrogens is 138 g/mol. The lowest BCUT2D eigenvalue weighted by Crippen LogP contribution is -2.31. The number of Topliss-reactive ketones (excluding diaryl/α,β-unsaturated/α-hetero) is 1. The topological polar surface area (TPSA) is 43.1 Å². The van der Waals surface area contributed by atoms with Crippen molar-refractivity contribution in [2.45, 2.75) is 46.1 Å². The van der Waals surface area contributed by atoms with Crippen LogP contribution in [0.1, 0.15) is 40.0 Å². The molecule has 66 valence electrons. The molecule has 0 spiro atoms. The summed E-state index contributed by atoms with van der Waals surface area (Å²) < 4.78 is 0. The fraction of sp³-hybridized carbons (Fsp3) is 0.889. The summed E-state index contributed by atoms with van der Waals surface area (Å²) in [6, 6.07) is -0.227. The molecule has 0 saturated heterocycles. The molecule has 0 radical (unpaired) electrons. The van der Waals surface area contributed by atoms with Crippen LogP contribution in [-0.4, -0.2) is 11.8 Å². The molecule has 2 heteroatoms. The van der Waals surface area contributed by atoms with Gasteiger partial charge >= 0.3 is 0 Å². The molecule has 0 bridgehead atoms. The Morgan fingerprint density at radius 3 is 2.36 bits per heavy atom. The first-order chi connectivity index (χ1) is 5.07. The van der Waals surface area contributed by atoms with Crippen LogP contribution in [0.25, 0.3) is 0 Å². The van der Waals surface area contributed by atoms with Gasteiger partial charge in [0.05, 0.1) is 6.04 Å². The average Bonchev–Trinajstić information content (AvgIpc) is 1.86. The zero-order valence-electron chi connectivity index (χ0n) is 7.76. The summed E-state index contributed by atoms with van der Waals surface area (Å²) in [7, 11) is 0. The Morgan fingerprint density at radius 1 is 1.45 bits per heavy atom. The highest BCUT2D eigenvalue weighted by Crippen LogP contribution is 2.05. The van der Waals surface area contributed by atoms with Crippen LogP contribution in [0, 0.1) is 5.92 Å². The third kappa shape index (κ3) is 4.96. The quantitative estimate of drug-likeness (QED) is 0.660. The fourth-order valence-corrected chi connectivity index (χ4v) is 1.07. The molecule has 0 rings (SSSR count). The predicted octanol–water partition coefficient (Wildman–Crippen LogP) is 1.73. The molecule has 0 amide bonds. The van der Waals surface area contributed by atoms with Crippen LogP contribution in [0.5, 0.6) is 0 Å². The third-order valence-electron chi connectivity index (χ3n) is 1.64. The van der Waals surface area contributed by atoms with Gasteiger partial charge < -0.3 is 5.73 Å². The number of rotatable bonds is 5. The Bertz CT molecular complexity index is 121. The predicted molar refractivity (Wildman–Crippen MR) is 47.3 cm³/mol. The highest BCUT2D eigenvalue weighted by Gasteiger charge is 2.12. The maximum Gasteiger partial charge on any atom is 0.149 e. The van der Waals surface area contributed by atoms with E-state index in [1.54, 1.807) is 0 Å². The van der Waals surface area contributed by atoms with E-state index in [0.29, 0.717) is 12.3 Å². The standard InChI is InChI=1S/C9H19NO/c1-4-5-9(11)8(10)6-7(2)3/h7-8H,4-6,10H2,1-3H3. The molecule has 0 aliphatic carbocycles. The number of nitrogens with two attached hydrogens (primary N) is 1. The first-order valence-electron chi connectivity index (χ1n) is 4.36. The van der Waals surface area contributed by atoms with Gasteiger partial charge in [0.15, 0.2) is 0 Å². The molecule has 1 unspecified atom stereocenters. The number of ketones is 1. The summed E-state index contributed by atoms with van der Waals surface area (Å²) in [5.74, 6) is 0.729. The molecule has 0 saturated carbocycles. The molecule has 1 atom stereocenters. The Hall–Kier alpha value is -0.370. The largest absolute Gasteiger partial charge is 0.322 e. The van der Waals surface area contributed by atoms with Gasteiger partial charge in [-0.25, -0.2) is 0 Å². The van der Waals surface area contributed by atoms with Crippen LogP contribution < -0.4 is 5.73 Å². The third-order valence-corrected chi connectivity index (χ3v) is 1.64. The van der Waals surface area contributed by atoms with Gasteiger partial charge in [-0.2, -0.15) is 0 Å². The van der Waals surface area contributed by atoms with E-state index in [1.807, 2.05) is 6.92 Å². The van der Waals surface area contributed by atoms with Gasteiger partial charge in [-0.15, -0.1) is 0 Å². The lowest BCUT2D eigenvalue weighted by atomic mass is 9.99. The molecule has 11 heavy (non-hydrogen) atoms. The summed E-state index contributed by atoms with van der Waals surface area (Å²) in [5.41, 5.74) is 5.65. The van der Waals surface area contributed by atoms with E-state index >= 15 is 0 Å². The van der Waals surface area contributed by atoms with Gasteiger partial charge in [0.25, 0.3) is 0 Å². The first kappa shape index (κ1) is 10.6. The Balaban J connectivity index is 3.64. The van der Waals surface area contributed by atoms with Crippen LogP contribution in [0.4, 0.5) is 0 Å². The summed E-state index contributed by atoms with van der Waals surface area (Å²) in [5, 5.41) is 0. The summed E-state index contributed by atoms with van der Waals surface area (Å²) in [6.07, 6.45) is 2.36. The maximum atomic E-state index is 11.2. The van der Waals surface area contributed by atoms with Crippen molar-refractivity contribution in [2.75, 3.05) is 0 Å². The average molecular weight is 157 g/mol. The molecule has 0 aliphatic rings. The van der Waals surface area contributed by atoms with Gasteiger partial charge in [0, 0.05) is 6.42 Å². The van der Waals surface area contributed by atoms with Crippen LogP contribution in [-0.2, 0) is 4.79 Å². The zero-order chi connectivity index (χ0) is 8.85. The van der Waals surface area contributed by atoms with Crippen LogP contribution in [0.3, 0.4) is 0 Å². The van der Waals surface area contributed by atoms with Gasteiger partial charge in [0.1, 0.15) is 5.78 Å². The molecule has 0 aliphatic heterocycles. The molecular formula is C9H19NO. The number of hydrogen-bond acceptors (Lipinski definition) is 2. The van der Waals surface area contributed by atoms with Crippen LogP contribution >= 0.6 is 0 Å². The van der Waals surface area contributed by atoms with Gasteiger partial charge in [-0.1, -0.05) is 20.8 Å². The van der Waals surface area contributed by atoms with Gasteiger partial charge in [-0.05, 0) is 18.8 Å². The van der Waals surface area contributed by atoms with E-state index in [0.717, 1.165) is 12.8 Å². The molecule has 2 N–H and O–H groups in total. The highest BCUT2D eigenvalue weighted by atomic mass is 16.1. The minimum Gasteiger partial charge on any atom is -0.322 e. The van der Waals surface area contributed by atoms with Crippen molar-refractivity contribution in [3.8, 4) is 0 Å². The van der Waals surface area contributed by atoms with Crippen molar-refractivity contribution in [3.05, 3.63) is 0 Å². The summed E-state index contributed by atoms with van der Waals surface area (Å²) in [4.78, 5) is 11.2. The summed E-state index contributed by atoms with van der Waals surface area (Å²) >= 11 is 0. The normalized spacial score (nSPS) is 13.5. The zero-order valence-corrected chi connectivity index (χ0v) is 7.76. The number of carbonyl (C=O) groups is 1. The van der Waals surface area contributed by atoms with Crippen molar-refractivity contribution < 1.29 is 4.79 Å². The lowest BCUT2D eigenvalue weighted by molar-refractivity contribution is -0.120. The Morgan fingerprint density at radius 2 is 2.00 bits per heavy atom. The molecule has 0 fully saturated rings. The van der Waals surface area contributed by atoms with E-state index in [-0.39, 0.29) is 11.8 Å². The molecule has 0 aromatic carbocycles. The van der Waals surface area contributed by atoms with Crippen molar-refractivity contribution in [1.29, 1.82) is 0 Å². The van der Waals surface area contributed by atoms with E-state index in [2.05, 4.69) is 13.8 Å². The van der Waals surface area contributed by atoms with E-state index in [9.17, 15) is 4.79 Å². The van der Waals surface area contributed by atoms with E-state index < -0.39 is 0 Å². The van der Waals surface area contributed by atoms with Gasteiger partial charge in [0.2, 0.25) is 0 Å². The Labute approximate surface area is 69.2 Å². The second kappa shape index (κ2) is 5.30. The van der Waals surface area contributed by atoms with Gasteiger partial charge in [-0.3, -0.25) is 4.79 Å². The Kier molecular flexibility index (Phi) is 5.12. The minimum absolute atomic E-state index is 0.209. The van der Waals surface area contributed by atoms with Crippen LogP contribution in [0.2, 0.25) is 0 Å². The monoisotopic (exact) mass is 157 g/mol. The molecule has 2 nitrogen and oxygen atoms in total. The van der Waals surface area contributed by atoms with E-state index in [1.165, 1.54) is 0 Å².